The molecular weight excluding hydrogens is 957 g/mol. The summed E-state index contributed by atoms with van der Waals surface area (Å²) >= 11 is 0. The number of hydrogen-bond donors (Lipinski definition) is 1. The zero-order chi connectivity index (χ0) is 54.7. The van der Waals surface area contributed by atoms with Crippen LogP contribution in [0.25, 0.3) is 0 Å². The molecule has 15 atom stereocenters. The van der Waals surface area contributed by atoms with Crippen LogP contribution in [0.4, 0.5) is 0 Å². The minimum Gasteiger partial charge on any atom is -0.457 e. The van der Waals surface area contributed by atoms with E-state index in [1.165, 1.54) is 43.4 Å². The molecule has 0 aromatic carbocycles. The van der Waals surface area contributed by atoms with Crippen molar-refractivity contribution in [3.8, 4) is 0 Å². The first-order valence-electron chi connectivity index (χ1n) is 24.4. The summed E-state index contributed by atoms with van der Waals surface area (Å²) in [4.78, 5) is 54.3. The van der Waals surface area contributed by atoms with Crippen LogP contribution in [0.5, 0.6) is 0 Å². The lowest BCUT2D eigenvalue weighted by Crippen LogP contribution is -2.69. The van der Waals surface area contributed by atoms with Crippen molar-refractivity contribution in [2.75, 3.05) is 59.5 Å². The van der Waals surface area contributed by atoms with Crippen LogP contribution in [0, 0.1) is 16.2 Å². The van der Waals surface area contributed by atoms with Gasteiger partial charge in [-0.25, -0.2) is 0 Å². The van der Waals surface area contributed by atoms with Gasteiger partial charge in [0.25, 0.3) is 0 Å². The van der Waals surface area contributed by atoms with Crippen molar-refractivity contribution in [2.24, 2.45) is 16.2 Å². The molecule has 3 fully saturated rings. The van der Waals surface area contributed by atoms with Gasteiger partial charge < -0.3 is 76.2 Å². The Morgan fingerprint density at radius 1 is 0.425 bits per heavy atom. The fourth-order valence-electron chi connectivity index (χ4n) is 7.43. The van der Waals surface area contributed by atoms with Crippen LogP contribution < -0.4 is 0 Å². The fraction of sp³-hybridized carbons (Fsp3) is 0.698. The van der Waals surface area contributed by atoms with Crippen LogP contribution in [0.1, 0.15) is 69.2 Å². The predicted molar refractivity (Wildman–Crippen MR) is 264 cm³/mol. The molecule has 3 saturated heterocycles. The lowest BCUT2D eigenvalue weighted by atomic mass is 9.93. The fourth-order valence-corrected chi connectivity index (χ4v) is 7.43. The molecule has 0 amide bonds. The molecule has 20 nitrogen and oxygen atoms in total. The largest absolute Gasteiger partial charge is 0.457 e. The minimum atomic E-state index is -1.73. The maximum atomic E-state index is 14.2. The monoisotopic (exact) mass is 1040 g/mol. The second-order valence-electron chi connectivity index (χ2n) is 20.5. The number of aliphatic hydroxyl groups excluding tert-OH is 1. The van der Waals surface area contributed by atoms with Crippen molar-refractivity contribution < 1.29 is 95.3 Å². The number of rotatable bonds is 29. The van der Waals surface area contributed by atoms with Crippen LogP contribution in [0.15, 0.2) is 75.9 Å². The van der Waals surface area contributed by atoms with Gasteiger partial charge in [0.15, 0.2) is 43.3 Å². The van der Waals surface area contributed by atoms with Gasteiger partial charge in [0.05, 0.1) is 75.7 Å². The zero-order valence-electron chi connectivity index (χ0n) is 44.4. The van der Waals surface area contributed by atoms with Gasteiger partial charge in [-0.2, -0.15) is 0 Å². The number of carbonyl (C=O) groups is 4. The molecule has 3 heterocycles. The summed E-state index contributed by atoms with van der Waals surface area (Å²) in [7, 11) is 0. The number of hydrogen-bond acceptors (Lipinski definition) is 20. The molecule has 1 N–H and O–H groups in total. The maximum Gasteiger partial charge on any atom is 0.311 e. The first-order chi connectivity index (χ1) is 34.4. The molecule has 0 radical (unpaired) electrons. The normalized spacial score (nSPS) is 30.8. The van der Waals surface area contributed by atoms with E-state index in [0.717, 1.165) is 0 Å². The van der Waals surface area contributed by atoms with E-state index in [-0.39, 0.29) is 59.5 Å². The second kappa shape index (κ2) is 29.8. The summed E-state index contributed by atoms with van der Waals surface area (Å²) in [6.07, 6.45) is -11.8. The van der Waals surface area contributed by atoms with E-state index in [1.54, 1.807) is 62.3 Å². The standard InChI is InChI=1S/C53H82O20/c1-17-23-59-29-33-37(39(62-26-20-4)42(45(55)66-33)71-48(56)51(8,9)10)69-47-44(73-50(58)53(14,15)16)41(64-28-22-6)38(35(68-47)31-61-25-19-3)70-46-43(72-49(57)52(11,12)13)40(63-27-21-5)36(65-32(7)54)34(67-46)30-60-24-18-2/h17-22,33-47,55H,1-6,23-31H2,7-16H3/t33-,34-,35-,36+,37+,38+,39+,40+,41+,42-,43-,44-,45-,46+,47+/m1/s1. The quantitative estimate of drug-likeness (QED) is 0.0447. The Kier molecular flexibility index (Phi) is 25.8. The summed E-state index contributed by atoms with van der Waals surface area (Å²) in [5, 5.41) is 11.5. The summed E-state index contributed by atoms with van der Waals surface area (Å²) in [6, 6.07) is 0. The van der Waals surface area contributed by atoms with Crippen molar-refractivity contribution in [1.29, 1.82) is 0 Å². The zero-order valence-corrected chi connectivity index (χ0v) is 44.4. The molecule has 0 spiro atoms. The van der Waals surface area contributed by atoms with Crippen LogP contribution in [0.3, 0.4) is 0 Å². The number of esters is 4. The molecule has 0 bridgehead atoms. The highest BCUT2D eigenvalue weighted by Gasteiger charge is 2.59. The van der Waals surface area contributed by atoms with Gasteiger partial charge in [0.2, 0.25) is 0 Å². The van der Waals surface area contributed by atoms with Crippen LogP contribution in [-0.4, -0.2) is 181 Å². The molecule has 0 saturated carbocycles. The SMILES string of the molecule is C=CCOC[C@H]1O[C@@H](O)[C@H](OC(=O)C(C)(C)C)[C@@H](OCC=C)[C@H]1O[C@@H]1O[C@H](COCC=C)[C@H](O[C@@H]2O[C@H](COCC=C)[C@H](OC(C)=O)[C@H](OCC=C)[C@H]2OC(=O)C(C)(C)C)[C@H](OCC=C)[C@H]1OC(=O)C(C)(C)C. The Balaban J connectivity index is 2.38. The van der Waals surface area contributed by atoms with Crippen LogP contribution in [0.2, 0.25) is 0 Å². The van der Waals surface area contributed by atoms with Crippen molar-refractivity contribution in [1.82, 2.24) is 0 Å². The number of aliphatic hydroxyl groups is 1. The Bertz CT molecular complexity index is 1810. The Hall–Kier alpha value is -4.16. The Morgan fingerprint density at radius 3 is 1.05 bits per heavy atom. The number of carbonyl (C=O) groups excluding carboxylic acids is 4. The first kappa shape index (κ1) is 63.1. The van der Waals surface area contributed by atoms with Gasteiger partial charge in [-0.15, -0.1) is 39.5 Å². The third kappa shape index (κ3) is 18.9. The smallest absolute Gasteiger partial charge is 0.311 e. The summed E-state index contributed by atoms with van der Waals surface area (Å²) in [5.41, 5.74) is -3.21. The highest BCUT2D eigenvalue weighted by molar-refractivity contribution is 5.76. The van der Waals surface area contributed by atoms with Gasteiger partial charge >= 0.3 is 23.9 Å². The van der Waals surface area contributed by atoms with Gasteiger partial charge in [-0.1, -0.05) is 36.5 Å². The molecular formula is C53H82O20. The molecule has 3 aliphatic rings. The highest BCUT2D eigenvalue weighted by atomic mass is 16.8. The van der Waals surface area contributed by atoms with E-state index in [0.29, 0.717) is 0 Å². The maximum absolute atomic E-state index is 14.2. The van der Waals surface area contributed by atoms with Gasteiger partial charge in [-0.3, -0.25) is 19.2 Å². The molecule has 414 valence electrons. The summed E-state index contributed by atoms with van der Waals surface area (Å²) < 4.78 is 94.5. The van der Waals surface area contributed by atoms with Crippen LogP contribution >= 0.6 is 0 Å². The average molecular weight is 1040 g/mol. The molecule has 20 heteroatoms. The molecule has 3 rings (SSSR count). The molecule has 0 aromatic heterocycles. The van der Waals surface area contributed by atoms with E-state index in [2.05, 4.69) is 39.5 Å². The van der Waals surface area contributed by atoms with Crippen molar-refractivity contribution >= 4 is 23.9 Å². The summed E-state index contributed by atoms with van der Waals surface area (Å²) in [6.45, 7) is 37.9. The third-order valence-electron chi connectivity index (χ3n) is 11.0. The van der Waals surface area contributed by atoms with Gasteiger partial charge in [0.1, 0.15) is 48.8 Å². The lowest BCUT2D eigenvalue weighted by Gasteiger charge is -2.51. The van der Waals surface area contributed by atoms with E-state index in [1.807, 2.05) is 0 Å². The van der Waals surface area contributed by atoms with Gasteiger partial charge in [0, 0.05) is 6.92 Å². The van der Waals surface area contributed by atoms with Crippen molar-refractivity contribution in [3.63, 3.8) is 0 Å². The Morgan fingerprint density at radius 2 is 0.726 bits per heavy atom. The molecule has 0 aliphatic carbocycles. The Labute approximate surface area is 431 Å². The van der Waals surface area contributed by atoms with E-state index in [4.69, 9.17) is 71.1 Å². The average Bonchev–Trinajstić information content (AvgIpc) is 3.30. The molecule has 0 aromatic rings. The van der Waals surface area contributed by atoms with E-state index >= 15 is 0 Å². The molecule has 73 heavy (non-hydrogen) atoms. The minimum absolute atomic E-state index is 0.0318. The van der Waals surface area contributed by atoms with Gasteiger partial charge in [-0.05, 0) is 62.3 Å². The predicted octanol–water partition coefficient (Wildman–Crippen LogP) is 5.05. The second-order valence-corrected chi connectivity index (χ2v) is 20.5. The van der Waals surface area contributed by atoms with E-state index < -0.39 is 132 Å². The van der Waals surface area contributed by atoms with Crippen LogP contribution in [-0.2, 0) is 90.2 Å². The van der Waals surface area contributed by atoms with E-state index in [9.17, 15) is 24.3 Å². The van der Waals surface area contributed by atoms with Crippen molar-refractivity contribution in [2.45, 2.75) is 161 Å². The summed E-state index contributed by atoms with van der Waals surface area (Å²) in [5.74, 6) is -2.78. The lowest BCUT2D eigenvalue weighted by molar-refractivity contribution is -0.384. The number of ether oxygens (including phenoxy) is 15. The topological polar surface area (TPSA) is 227 Å². The first-order valence-corrected chi connectivity index (χ1v) is 24.4. The molecule has 0 unspecified atom stereocenters. The molecule has 3 aliphatic heterocycles. The highest BCUT2D eigenvalue weighted by Crippen LogP contribution is 2.39. The van der Waals surface area contributed by atoms with Crippen molar-refractivity contribution in [3.05, 3.63) is 75.9 Å². The third-order valence-corrected chi connectivity index (χ3v) is 11.0.